The van der Waals surface area contributed by atoms with Gasteiger partial charge in [0.05, 0.1) is 19.7 Å². The van der Waals surface area contributed by atoms with Gasteiger partial charge in [0.2, 0.25) is 5.96 Å². The molecule has 4 aromatic rings. The Kier molecular flexibility index (Phi) is 6.70. The lowest BCUT2D eigenvalue weighted by Crippen LogP contribution is -2.26. The predicted octanol–water partition coefficient (Wildman–Crippen LogP) is 5.35. The monoisotopic (exact) mass is 457 g/mol. The Labute approximate surface area is 195 Å². The van der Waals surface area contributed by atoms with Gasteiger partial charge >= 0.3 is 0 Å². The molecule has 0 saturated heterocycles. The number of pyridine rings is 1. The fourth-order valence-corrected chi connectivity index (χ4v) is 3.21. The van der Waals surface area contributed by atoms with Crippen molar-refractivity contribution in [3.05, 3.63) is 78.7 Å². The van der Waals surface area contributed by atoms with Gasteiger partial charge in [-0.2, -0.15) is 5.26 Å². The van der Waals surface area contributed by atoms with E-state index in [1.54, 1.807) is 75.1 Å². The number of hydrogen-bond donors (Lipinski definition) is 2. The highest BCUT2D eigenvalue weighted by molar-refractivity contribution is 5.96. The van der Waals surface area contributed by atoms with Crippen molar-refractivity contribution in [1.29, 1.82) is 5.26 Å². The van der Waals surface area contributed by atoms with E-state index in [0.29, 0.717) is 34.2 Å². The Morgan fingerprint density at radius 1 is 0.971 bits per heavy atom. The minimum atomic E-state index is -0.496. The molecule has 4 rings (SSSR count). The molecule has 3 aromatic carbocycles. The summed E-state index contributed by atoms with van der Waals surface area (Å²) in [6, 6.07) is 18.4. The highest BCUT2D eigenvalue weighted by Gasteiger charge is 2.11. The maximum Gasteiger partial charge on any atom is 0.214 e. The van der Waals surface area contributed by atoms with Crippen molar-refractivity contribution in [2.75, 3.05) is 19.5 Å². The van der Waals surface area contributed by atoms with Gasteiger partial charge in [0.15, 0.2) is 17.7 Å². The number of anilines is 1. The molecule has 0 atom stereocenters. The van der Waals surface area contributed by atoms with Gasteiger partial charge in [-0.3, -0.25) is 10.3 Å². The van der Waals surface area contributed by atoms with Crippen molar-refractivity contribution < 1.29 is 18.6 Å². The van der Waals surface area contributed by atoms with Crippen LogP contribution < -0.4 is 24.8 Å². The van der Waals surface area contributed by atoms with Crippen LogP contribution in [0, 0.1) is 17.3 Å². The van der Waals surface area contributed by atoms with E-state index in [-0.39, 0.29) is 11.6 Å². The molecule has 0 fully saturated rings. The number of aliphatic imine (C=N–C) groups is 1. The van der Waals surface area contributed by atoms with Crippen LogP contribution >= 0.6 is 0 Å². The van der Waals surface area contributed by atoms with Gasteiger partial charge in [-0.1, -0.05) is 12.1 Å². The number of nitriles is 1. The van der Waals surface area contributed by atoms with Gasteiger partial charge < -0.3 is 19.5 Å². The van der Waals surface area contributed by atoms with Crippen LogP contribution in [0.15, 0.2) is 77.9 Å². The molecule has 170 valence electrons. The molecule has 1 heterocycles. The summed E-state index contributed by atoms with van der Waals surface area (Å²) in [5.41, 5.74) is 1.42. The number of rotatable bonds is 6. The van der Waals surface area contributed by atoms with Crippen LogP contribution in [-0.4, -0.2) is 25.2 Å². The number of fused-ring (bicyclic) bond motifs is 1. The SMILES string of the molecule is COc1cc2nccc(Oc3ccc(NC(=Nc4ccccc4F)NC#N)cc3)c2cc1OC. The number of methoxy groups -OCH3 is 2. The zero-order chi connectivity index (χ0) is 23.9. The van der Waals surface area contributed by atoms with Crippen molar-refractivity contribution in [3.63, 3.8) is 0 Å². The standard InChI is InChI=1S/C25H20FN5O3/c1-32-23-13-18-21(14-24(23)33-2)28-12-11-22(18)34-17-9-7-16(8-10-17)30-25(29-15-27)31-20-6-4-3-5-19(20)26/h3-14H,1-2H3,(H2,29,30,31). The number of nitrogens with zero attached hydrogens (tertiary/aromatic N) is 3. The Hall–Kier alpha value is -4.84. The number of aromatic nitrogens is 1. The highest BCUT2D eigenvalue weighted by atomic mass is 19.1. The van der Waals surface area contributed by atoms with E-state index >= 15 is 0 Å². The molecule has 0 aliphatic heterocycles. The van der Waals surface area contributed by atoms with Gasteiger partial charge in [0, 0.05) is 23.3 Å². The summed E-state index contributed by atoms with van der Waals surface area (Å²) in [5.74, 6) is 1.91. The van der Waals surface area contributed by atoms with Gasteiger partial charge in [-0.15, -0.1) is 0 Å². The summed E-state index contributed by atoms with van der Waals surface area (Å²) < 4.78 is 30.7. The molecule has 9 heteroatoms. The van der Waals surface area contributed by atoms with Crippen molar-refractivity contribution >= 4 is 28.2 Å². The second kappa shape index (κ2) is 10.2. The number of para-hydroxylation sites is 1. The molecule has 0 radical (unpaired) electrons. The van der Waals surface area contributed by atoms with Crippen LogP contribution in [0.1, 0.15) is 0 Å². The zero-order valence-corrected chi connectivity index (χ0v) is 18.4. The minimum absolute atomic E-state index is 0.0856. The first kappa shape index (κ1) is 22.4. The Bertz CT molecular complexity index is 1380. The van der Waals surface area contributed by atoms with Crippen LogP contribution in [0.4, 0.5) is 15.8 Å². The molecule has 34 heavy (non-hydrogen) atoms. The van der Waals surface area contributed by atoms with E-state index in [4.69, 9.17) is 19.5 Å². The second-order valence-electron chi connectivity index (χ2n) is 6.93. The molecule has 0 saturated carbocycles. The van der Waals surface area contributed by atoms with Crippen molar-refractivity contribution in [1.82, 2.24) is 10.3 Å². The molecular weight excluding hydrogens is 437 g/mol. The van der Waals surface area contributed by atoms with E-state index in [9.17, 15) is 4.39 Å². The first-order chi connectivity index (χ1) is 16.6. The fourth-order valence-electron chi connectivity index (χ4n) is 3.21. The zero-order valence-electron chi connectivity index (χ0n) is 18.4. The Morgan fingerprint density at radius 2 is 1.71 bits per heavy atom. The van der Waals surface area contributed by atoms with E-state index < -0.39 is 5.82 Å². The molecule has 0 unspecified atom stereocenters. The summed E-state index contributed by atoms with van der Waals surface area (Å²) in [4.78, 5) is 8.51. The second-order valence-corrected chi connectivity index (χ2v) is 6.93. The average Bonchev–Trinajstić information content (AvgIpc) is 2.86. The minimum Gasteiger partial charge on any atom is -0.493 e. The summed E-state index contributed by atoms with van der Waals surface area (Å²) in [6.07, 6.45) is 3.44. The number of ether oxygens (including phenoxy) is 3. The predicted molar refractivity (Wildman–Crippen MR) is 127 cm³/mol. The smallest absolute Gasteiger partial charge is 0.214 e. The van der Waals surface area contributed by atoms with E-state index in [1.807, 2.05) is 6.07 Å². The highest BCUT2D eigenvalue weighted by Crippen LogP contribution is 2.37. The van der Waals surface area contributed by atoms with Gasteiger partial charge in [0.25, 0.3) is 0 Å². The van der Waals surface area contributed by atoms with Crippen LogP contribution in [-0.2, 0) is 0 Å². The largest absolute Gasteiger partial charge is 0.493 e. The third kappa shape index (κ3) is 4.97. The molecule has 1 aromatic heterocycles. The topological polar surface area (TPSA) is 101 Å². The van der Waals surface area contributed by atoms with Crippen molar-refractivity contribution in [3.8, 4) is 29.2 Å². The lowest BCUT2D eigenvalue weighted by atomic mass is 10.2. The van der Waals surface area contributed by atoms with Crippen LogP contribution in [0.25, 0.3) is 10.9 Å². The maximum absolute atomic E-state index is 13.9. The first-order valence-corrected chi connectivity index (χ1v) is 10.2. The van der Waals surface area contributed by atoms with E-state index in [2.05, 4.69) is 20.6 Å². The molecular formula is C25H20FN5O3. The normalized spacial score (nSPS) is 10.9. The lowest BCUT2D eigenvalue weighted by molar-refractivity contribution is 0.355. The molecule has 0 aliphatic rings. The number of benzene rings is 3. The van der Waals surface area contributed by atoms with Crippen LogP contribution in [0.2, 0.25) is 0 Å². The van der Waals surface area contributed by atoms with Crippen LogP contribution in [0.5, 0.6) is 23.0 Å². The number of guanidine groups is 1. The summed E-state index contributed by atoms with van der Waals surface area (Å²) in [5, 5.41) is 15.2. The number of halogens is 1. The molecule has 0 amide bonds. The number of hydrogen-bond acceptors (Lipinski definition) is 6. The fraction of sp³-hybridized carbons (Fsp3) is 0.0800. The maximum atomic E-state index is 13.9. The van der Waals surface area contributed by atoms with Gasteiger partial charge in [-0.25, -0.2) is 9.38 Å². The summed E-state index contributed by atoms with van der Waals surface area (Å²) >= 11 is 0. The average molecular weight is 457 g/mol. The summed E-state index contributed by atoms with van der Waals surface area (Å²) in [7, 11) is 3.13. The van der Waals surface area contributed by atoms with Gasteiger partial charge in [-0.05, 0) is 48.5 Å². The van der Waals surface area contributed by atoms with Crippen molar-refractivity contribution in [2.24, 2.45) is 4.99 Å². The Morgan fingerprint density at radius 3 is 2.41 bits per heavy atom. The van der Waals surface area contributed by atoms with Gasteiger partial charge in [0.1, 0.15) is 23.0 Å². The summed E-state index contributed by atoms with van der Waals surface area (Å²) in [6.45, 7) is 0. The third-order valence-electron chi connectivity index (χ3n) is 4.81. The molecule has 0 spiro atoms. The molecule has 8 nitrogen and oxygen atoms in total. The lowest BCUT2D eigenvalue weighted by Gasteiger charge is -2.13. The molecule has 0 bridgehead atoms. The van der Waals surface area contributed by atoms with E-state index in [1.165, 1.54) is 12.1 Å². The number of nitrogens with one attached hydrogen (secondary N) is 2. The quantitative estimate of drug-likeness (QED) is 0.174. The van der Waals surface area contributed by atoms with E-state index in [0.717, 1.165) is 5.39 Å². The first-order valence-electron chi connectivity index (χ1n) is 10.2. The third-order valence-corrected chi connectivity index (χ3v) is 4.81. The van der Waals surface area contributed by atoms with Crippen LogP contribution in [0.3, 0.4) is 0 Å². The molecule has 2 N–H and O–H groups in total. The molecule has 0 aliphatic carbocycles. The van der Waals surface area contributed by atoms with Crippen molar-refractivity contribution in [2.45, 2.75) is 0 Å². The Balaban J connectivity index is 1.56.